The van der Waals surface area contributed by atoms with Gasteiger partial charge >= 0.3 is 0 Å². The summed E-state index contributed by atoms with van der Waals surface area (Å²) in [4.78, 5) is 4.64. The van der Waals surface area contributed by atoms with Gasteiger partial charge in [-0.25, -0.2) is 4.98 Å². The summed E-state index contributed by atoms with van der Waals surface area (Å²) < 4.78 is 6.07. The van der Waals surface area contributed by atoms with Crippen LogP contribution in [0.5, 0.6) is 11.6 Å². The molecule has 21 heavy (non-hydrogen) atoms. The molecule has 0 saturated heterocycles. The number of nitrogens with one attached hydrogen (secondary N) is 1. The topological polar surface area (TPSA) is 34.1 Å². The van der Waals surface area contributed by atoms with Crippen molar-refractivity contribution in [3.63, 3.8) is 0 Å². The Morgan fingerprint density at radius 3 is 2.62 bits per heavy atom. The summed E-state index contributed by atoms with van der Waals surface area (Å²) in [5.41, 5.74) is 2.07. The van der Waals surface area contributed by atoms with Crippen molar-refractivity contribution in [2.45, 2.75) is 13.5 Å². The van der Waals surface area contributed by atoms with E-state index in [0.29, 0.717) is 5.88 Å². The van der Waals surface area contributed by atoms with Crippen LogP contribution in [-0.2, 0) is 6.54 Å². The zero-order chi connectivity index (χ0) is 14.7. The molecular formula is C18H18N2O. The predicted molar refractivity (Wildman–Crippen MR) is 85.8 cm³/mol. The van der Waals surface area contributed by atoms with Gasteiger partial charge in [0.1, 0.15) is 5.75 Å². The lowest BCUT2D eigenvalue weighted by atomic mass is 10.1. The first kappa shape index (κ1) is 13.6. The first-order valence-corrected chi connectivity index (χ1v) is 7.04. The van der Waals surface area contributed by atoms with E-state index >= 15 is 0 Å². The van der Waals surface area contributed by atoms with Crippen LogP contribution in [0.3, 0.4) is 0 Å². The lowest BCUT2D eigenvalue weighted by molar-refractivity contribution is 0.463. The van der Waals surface area contributed by atoms with Gasteiger partial charge in [0.05, 0.1) is 5.69 Å². The van der Waals surface area contributed by atoms with Crippen LogP contribution < -0.4 is 10.1 Å². The first-order valence-electron chi connectivity index (χ1n) is 7.04. The molecule has 0 bridgehead atoms. The van der Waals surface area contributed by atoms with Crippen molar-refractivity contribution in [1.29, 1.82) is 0 Å². The van der Waals surface area contributed by atoms with Crippen molar-refractivity contribution >= 4 is 10.8 Å². The van der Waals surface area contributed by atoms with Crippen molar-refractivity contribution in [2.75, 3.05) is 7.05 Å². The highest BCUT2D eigenvalue weighted by molar-refractivity contribution is 5.87. The molecule has 1 aromatic heterocycles. The Kier molecular flexibility index (Phi) is 3.84. The number of pyridine rings is 1. The number of benzene rings is 2. The van der Waals surface area contributed by atoms with Crippen LogP contribution in [-0.4, -0.2) is 12.0 Å². The highest BCUT2D eigenvalue weighted by atomic mass is 16.5. The molecule has 0 aliphatic carbocycles. The molecule has 0 saturated carbocycles. The number of aromatic nitrogens is 1. The maximum absolute atomic E-state index is 6.07. The maximum atomic E-state index is 6.07. The van der Waals surface area contributed by atoms with E-state index in [2.05, 4.69) is 22.4 Å². The number of rotatable bonds is 4. The third-order valence-electron chi connectivity index (χ3n) is 3.42. The van der Waals surface area contributed by atoms with Gasteiger partial charge in [0.15, 0.2) is 0 Å². The van der Waals surface area contributed by atoms with Crippen LogP contribution in [0, 0.1) is 6.92 Å². The van der Waals surface area contributed by atoms with Crippen molar-refractivity contribution in [2.24, 2.45) is 0 Å². The second-order valence-corrected chi connectivity index (χ2v) is 5.04. The Labute approximate surface area is 124 Å². The highest BCUT2D eigenvalue weighted by Crippen LogP contribution is 2.30. The van der Waals surface area contributed by atoms with Crippen LogP contribution in [0.2, 0.25) is 0 Å². The zero-order valence-electron chi connectivity index (χ0n) is 12.3. The average Bonchev–Trinajstić information content (AvgIpc) is 2.50. The van der Waals surface area contributed by atoms with Gasteiger partial charge in [-0.1, -0.05) is 36.4 Å². The minimum absolute atomic E-state index is 0.660. The third kappa shape index (κ3) is 2.88. The lowest BCUT2D eigenvalue weighted by Gasteiger charge is -2.12. The molecule has 1 heterocycles. The average molecular weight is 278 g/mol. The minimum Gasteiger partial charge on any atom is -0.438 e. The van der Waals surface area contributed by atoms with Gasteiger partial charge in [-0.3, -0.25) is 0 Å². The van der Waals surface area contributed by atoms with E-state index in [-0.39, 0.29) is 0 Å². The number of hydrogen-bond donors (Lipinski definition) is 1. The number of nitrogens with zero attached hydrogens (tertiary/aromatic N) is 1. The van der Waals surface area contributed by atoms with E-state index in [1.807, 2.05) is 56.4 Å². The Morgan fingerprint density at radius 2 is 1.81 bits per heavy atom. The van der Waals surface area contributed by atoms with Gasteiger partial charge in [0.2, 0.25) is 5.88 Å². The Hall–Kier alpha value is -2.39. The fourth-order valence-corrected chi connectivity index (χ4v) is 2.34. The van der Waals surface area contributed by atoms with Crippen LogP contribution in [0.25, 0.3) is 10.8 Å². The van der Waals surface area contributed by atoms with Gasteiger partial charge < -0.3 is 10.1 Å². The maximum Gasteiger partial charge on any atom is 0.227 e. The van der Waals surface area contributed by atoms with E-state index in [0.717, 1.165) is 34.3 Å². The Bertz CT molecular complexity index is 768. The summed E-state index contributed by atoms with van der Waals surface area (Å²) in [5, 5.41) is 5.30. The molecule has 3 heteroatoms. The number of hydrogen-bond acceptors (Lipinski definition) is 3. The molecular weight excluding hydrogens is 260 g/mol. The molecule has 0 aliphatic heterocycles. The first-order chi connectivity index (χ1) is 10.3. The Morgan fingerprint density at radius 1 is 1.05 bits per heavy atom. The molecule has 0 amide bonds. The SMILES string of the molecule is CNCc1cc2ccccc2c(Oc2ccccc2C)n1. The standard InChI is InChI=1S/C18H18N2O/c1-13-7-3-6-10-17(13)21-18-16-9-5-4-8-14(16)11-15(20-18)12-19-2/h3-11,19H,12H2,1-2H3. The molecule has 106 valence electrons. The predicted octanol–water partition coefficient (Wildman–Crippen LogP) is 4.05. The molecule has 0 spiro atoms. The molecule has 0 atom stereocenters. The summed E-state index contributed by atoms with van der Waals surface area (Å²) in [5.74, 6) is 1.50. The molecule has 3 aromatic rings. The zero-order valence-corrected chi connectivity index (χ0v) is 12.3. The molecule has 0 radical (unpaired) electrons. The van der Waals surface area contributed by atoms with Gasteiger partial charge in [0, 0.05) is 11.9 Å². The molecule has 1 N–H and O–H groups in total. The Balaban J connectivity index is 2.09. The monoisotopic (exact) mass is 278 g/mol. The third-order valence-corrected chi connectivity index (χ3v) is 3.42. The molecule has 0 aliphatic rings. The minimum atomic E-state index is 0.660. The van der Waals surface area contributed by atoms with Gasteiger partial charge in [-0.05, 0) is 43.1 Å². The highest BCUT2D eigenvalue weighted by Gasteiger charge is 2.09. The summed E-state index contributed by atoms with van der Waals surface area (Å²) >= 11 is 0. The fourth-order valence-electron chi connectivity index (χ4n) is 2.34. The largest absolute Gasteiger partial charge is 0.438 e. The van der Waals surface area contributed by atoms with Gasteiger partial charge in [0.25, 0.3) is 0 Å². The summed E-state index contributed by atoms with van der Waals surface area (Å²) in [6, 6.07) is 18.2. The quantitative estimate of drug-likeness (QED) is 0.781. The van der Waals surface area contributed by atoms with Crippen LogP contribution in [0.1, 0.15) is 11.3 Å². The summed E-state index contributed by atoms with van der Waals surface area (Å²) in [6.45, 7) is 2.75. The van der Waals surface area contributed by atoms with Crippen LogP contribution >= 0.6 is 0 Å². The van der Waals surface area contributed by atoms with Gasteiger partial charge in [-0.15, -0.1) is 0 Å². The second kappa shape index (κ2) is 5.94. The van der Waals surface area contributed by atoms with E-state index < -0.39 is 0 Å². The lowest BCUT2D eigenvalue weighted by Crippen LogP contribution is -2.07. The number of para-hydroxylation sites is 1. The molecule has 3 rings (SSSR count). The van der Waals surface area contributed by atoms with E-state index in [9.17, 15) is 0 Å². The second-order valence-electron chi connectivity index (χ2n) is 5.04. The molecule has 0 fully saturated rings. The number of fused-ring (bicyclic) bond motifs is 1. The summed E-state index contributed by atoms with van der Waals surface area (Å²) in [6.07, 6.45) is 0. The van der Waals surface area contributed by atoms with Crippen LogP contribution in [0.4, 0.5) is 0 Å². The molecule has 2 aromatic carbocycles. The smallest absolute Gasteiger partial charge is 0.227 e. The molecule has 3 nitrogen and oxygen atoms in total. The number of ether oxygens (including phenoxy) is 1. The van der Waals surface area contributed by atoms with Crippen molar-refractivity contribution in [3.05, 3.63) is 65.9 Å². The normalized spacial score (nSPS) is 10.8. The summed E-state index contributed by atoms with van der Waals surface area (Å²) in [7, 11) is 1.92. The number of aryl methyl sites for hydroxylation is 1. The van der Waals surface area contributed by atoms with E-state index in [1.54, 1.807) is 0 Å². The van der Waals surface area contributed by atoms with E-state index in [1.165, 1.54) is 0 Å². The fraction of sp³-hybridized carbons (Fsp3) is 0.167. The van der Waals surface area contributed by atoms with Crippen molar-refractivity contribution in [3.8, 4) is 11.6 Å². The van der Waals surface area contributed by atoms with Crippen molar-refractivity contribution in [1.82, 2.24) is 10.3 Å². The van der Waals surface area contributed by atoms with Crippen LogP contribution in [0.15, 0.2) is 54.6 Å². The molecule has 0 unspecified atom stereocenters. The van der Waals surface area contributed by atoms with Crippen molar-refractivity contribution < 1.29 is 4.74 Å². The van der Waals surface area contributed by atoms with E-state index in [4.69, 9.17) is 4.74 Å². The van der Waals surface area contributed by atoms with Gasteiger partial charge in [-0.2, -0.15) is 0 Å².